The van der Waals surface area contributed by atoms with Gasteiger partial charge in [-0.15, -0.1) is 0 Å². The van der Waals surface area contributed by atoms with Crippen LogP contribution in [0.5, 0.6) is 5.75 Å². The summed E-state index contributed by atoms with van der Waals surface area (Å²) in [7, 11) is 0. The highest BCUT2D eigenvalue weighted by Crippen LogP contribution is 2.31. The summed E-state index contributed by atoms with van der Waals surface area (Å²) in [5.74, 6) is 0.0337. The van der Waals surface area contributed by atoms with E-state index in [1.165, 1.54) is 0 Å². The van der Waals surface area contributed by atoms with Crippen molar-refractivity contribution in [1.29, 1.82) is 0 Å². The van der Waals surface area contributed by atoms with Gasteiger partial charge >= 0.3 is 0 Å². The fraction of sp³-hybridized carbons (Fsp3) is 0.429. The number of fused-ring (bicyclic) bond motifs is 1. The van der Waals surface area contributed by atoms with E-state index in [9.17, 15) is 4.39 Å². The first-order chi connectivity index (χ1) is 7.79. The van der Waals surface area contributed by atoms with Crippen LogP contribution in [0.2, 0.25) is 0 Å². The molecule has 0 aliphatic rings. The Balaban J connectivity index is 2.61. The molecule has 0 atom stereocenters. The first kappa shape index (κ1) is 12.0. The highest BCUT2D eigenvalue weighted by atomic mass is 19.1. The third kappa shape index (κ3) is 2.14. The maximum Gasteiger partial charge on any atom is 0.174 e. The van der Waals surface area contributed by atoms with Crippen molar-refractivity contribution in [3.8, 4) is 5.75 Å². The van der Waals surface area contributed by atoms with Crippen LogP contribution in [0.1, 0.15) is 32.0 Å². The third-order valence-corrected chi connectivity index (χ3v) is 2.78. The smallest absolute Gasteiger partial charge is 0.174 e. The van der Waals surface area contributed by atoms with Gasteiger partial charge in [-0.2, -0.15) is 0 Å². The lowest BCUT2D eigenvalue weighted by atomic mass is 10.1. The molecule has 2 aromatic rings. The quantitative estimate of drug-likeness (QED) is 0.790. The summed E-state index contributed by atoms with van der Waals surface area (Å²) in [6, 6.07) is 3.54. The molecule has 0 aliphatic heterocycles. The molecule has 1 aromatic carbocycles. The van der Waals surface area contributed by atoms with Gasteiger partial charge < -0.3 is 9.72 Å². The van der Waals surface area contributed by atoms with Crippen molar-refractivity contribution in [2.45, 2.75) is 40.2 Å². The Morgan fingerprint density at radius 3 is 2.41 bits per heavy atom. The number of ether oxygens (including phenoxy) is 1. The minimum atomic E-state index is -0.395. The Hall–Kier alpha value is -1.51. The Bertz CT molecular complexity index is 564. The number of benzene rings is 1. The van der Waals surface area contributed by atoms with E-state index in [4.69, 9.17) is 4.74 Å². The summed E-state index contributed by atoms with van der Waals surface area (Å²) in [6.45, 7) is 9.58. The van der Waals surface area contributed by atoms with Crippen molar-refractivity contribution in [3.63, 3.8) is 0 Å². The highest BCUT2D eigenvalue weighted by Gasteiger charge is 2.18. The molecule has 0 saturated heterocycles. The Labute approximate surface area is 101 Å². The number of H-pyrrole nitrogens is 1. The first-order valence-electron chi connectivity index (χ1n) is 5.76. The monoisotopic (exact) mass is 235 g/mol. The Morgan fingerprint density at radius 1 is 1.18 bits per heavy atom. The van der Waals surface area contributed by atoms with Crippen LogP contribution in [0.3, 0.4) is 0 Å². The van der Waals surface area contributed by atoms with Crippen LogP contribution in [0, 0.1) is 19.7 Å². The van der Waals surface area contributed by atoms with Gasteiger partial charge in [0.2, 0.25) is 0 Å². The van der Waals surface area contributed by atoms with E-state index in [-0.39, 0.29) is 5.82 Å². The molecular formula is C14H18FNO. The molecule has 0 amide bonds. The summed E-state index contributed by atoms with van der Waals surface area (Å²) in [4.78, 5) is 3.16. The average Bonchev–Trinajstić information content (AvgIpc) is 2.47. The second kappa shape index (κ2) is 3.76. The molecule has 0 unspecified atom stereocenters. The Morgan fingerprint density at radius 2 is 1.82 bits per heavy atom. The number of nitrogens with one attached hydrogen (secondary N) is 1. The summed E-state index contributed by atoms with van der Waals surface area (Å²) < 4.78 is 19.9. The molecule has 0 bridgehead atoms. The molecule has 2 rings (SSSR count). The number of hydrogen-bond donors (Lipinski definition) is 1. The molecule has 1 aromatic heterocycles. The van der Waals surface area contributed by atoms with Gasteiger partial charge in [-0.25, -0.2) is 4.39 Å². The Kier molecular flexibility index (Phi) is 2.64. The zero-order valence-corrected chi connectivity index (χ0v) is 10.9. The van der Waals surface area contributed by atoms with Crippen molar-refractivity contribution >= 4 is 10.9 Å². The number of hydrogen-bond acceptors (Lipinski definition) is 1. The molecule has 0 radical (unpaired) electrons. The number of aryl methyl sites for hydroxylation is 2. The van der Waals surface area contributed by atoms with E-state index < -0.39 is 5.60 Å². The topological polar surface area (TPSA) is 25.0 Å². The van der Waals surface area contributed by atoms with Crippen molar-refractivity contribution in [3.05, 3.63) is 29.2 Å². The first-order valence-corrected chi connectivity index (χ1v) is 5.76. The summed E-state index contributed by atoms with van der Waals surface area (Å²) in [6.07, 6.45) is 0. The van der Waals surface area contributed by atoms with E-state index in [2.05, 4.69) is 4.98 Å². The number of aromatic amines is 1. The number of aromatic nitrogens is 1. The highest BCUT2D eigenvalue weighted by molar-refractivity contribution is 5.86. The van der Waals surface area contributed by atoms with E-state index >= 15 is 0 Å². The molecule has 0 fully saturated rings. The molecule has 1 N–H and O–H groups in total. The van der Waals surface area contributed by atoms with Gasteiger partial charge in [0.25, 0.3) is 0 Å². The molecule has 0 aliphatic carbocycles. The summed E-state index contributed by atoms with van der Waals surface area (Å²) in [5, 5.41) is 0.629. The maximum absolute atomic E-state index is 14.3. The van der Waals surface area contributed by atoms with Crippen LogP contribution in [-0.2, 0) is 0 Å². The lowest BCUT2D eigenvalue weighted by Crippen LogP contribution is -2.23. The van der Waals surface area contributed by atoms with Gasteiger partial charge in [0.05, 0.1) is 0 Å². The molecule has 17 heavy (non-hydrogen) atoms. The number of halogens is 1. The lowest BCUT2D eigenvalue weighted by Gasteiger charge is -2.21. The van der Waals surface area contributed by atoms with Crippen molar-refractivity contribution in [2.75, 3.05) is 0 Å². The molecule has 92 valence electrons. The fourth-order valence-electron chi connectivity index (χ4n) is 1.92. The van der Waals surface area contributed by atoms with Crippen LogP contribution in [-0.4, -0.2) is 10.6 Å². The van der Waals surface area contributed by atoms with Gasteiger partial charge in [-0.1, -0.05) is 0 Å². The maximum atomic E-state index is 14.3. The second-order valence-corrected chi connectivity index (χ2v) is 5.39. The van der Waals surface area contributed by atoms with E-state index in [0.29, 0.717) is 11.1 Å². The van der Waals surface area contributed by atoms with Crippen molar-refractivity contribution in [1.82, 2.24) is 4.98 Å². The van der Waals surface area contributed by atoms with Gasteiger partial charge in [-0.3, -0.25) is 0 Å². The van der Waals surface area contributed by atoms with Crippen LogP contribution in [0.4, 0.5) is 4.39 Å². The summed E-state index contributed by atoms with van der Waals surface area (Å²) >= 11 is 0. The van der Waals surface area contributed by atoms with E-state index in [1.807, 2.05) is 40.7 Å². The van der Waals surface area contributed by atoms with Crippen LogP contribution >= 0.6 is 0 Å². The van der Waals surface area contributed by atoms with Crippen LogP contribution in [0.25, 0.3) is 10.9 Å². The van der Waals surface area contributed by atoms with E-state index in [0.717, 1.165) is 16.8 Å². The summed E-state index contributed by atoms with van der Waals surface area (Å²) in [5.41, 5.74) is 2.36. The largest absolute Gasteiger partial charge is 0.485 e. The standard InChI is InChI=1S/C14H18FNO/c1-8-9(2)16-10-6-7-11(13(15)12(8)10)17-14(3,4)5/h6-7,16H,1-5H3. The van der Waals surface area contributed by atoms with Gasteiger partial charge in [0.1, 0.15) is 5.60 Å². The van der Waals surface area contributed by atoms with Gasteiger partial charge in [-0.05, 0) is 52.3 Å². The zero-order chi connectivity index (χ0) is 12.8. The van der Waals surface area contributed by atoms with Crippen LogP contribution < -0.4 is 4.74 Å². The SMILES string of the molecule is Cc1[nH]c2ccc(OC(C)(C)C)c(F)c2c1C. The van der Waals surface area contributed by atoms with E-state index in [1.54, 1.807) is 6.07 Å². The second-order valence-electron chi connectivity index (χ2n) is 5.39. The zero-order valence-electron chi connectivity index (χ0n) is 10.9. The molecule has 0 spiro atoms. The normalized spacial score (nSPS) is 12.1. The van der Waals surface area contributed by atoms with Gasteiger partial charge in [0.15, 0.2) is 11.6 Å². The predicted octanol–water partition coefficient (Wildman–Crippen LogP) is 4.10. The van der Waals surface area contributed by atoms with Crippen molar-refractivity contribution < 1.29 is 9.13 Å². The minimum absolute atomic E-state index is 0.278. The molecule has 3 heteroatoms. The predicted molar refractivity (Wildman–Crippen MR) is 68.1 cm³/mol. The third-order valence-electron chi connectivity index (χ3n) is 2.78. The van der Waals surface area contributed by atoms with Crippen LogP contribution in [0.15, 0.2) is 12.1 Å². The average molecular weight is 235 g/mol. The van der Waals surface area contributed by atoms with Crippen molar-refractivity contribution in [2.24, 2.45) is 0 Å². The molecule has 2 nitrogen and oxygen atoms in total. The van der Waals surface area contributed by atoms with Gasteiger partial charge in [0, 0.05) is 16.6 Å². The fourth-order valence-corrected chi connectivity index (χ4v) is 1.92. The molecule has 0 saturated carbocycles. The number of rotatable bonds is 1. The lowest BCUT2D eigenvalue weighted by molar-refractivity contribution is 0.125. The molecule has 1 heterocycles. The minimum Gasteiger partial charge on any atom is -0.485 e. The molecular weight excluding hydrogens is 217 g/mol.